The van der Waals surface area contributed by atoms with Crippen LogP contribution in [0.15, 0.2) is 54.6 Å². The average molecular weight is 453 g/mol. The molecule has 0 saturated carbocycles. The summed E-state index contributed by atoms with van der Waals surface area (Å²) in [6.07, 6.45) is 2.17. The summed E-state index contributed by atoms with van der Waals surface area (Å²) in [5.74, 6) is 0.142. The van der Waals surface area contributed by atoms with E-state index in [-0.39, 0.29) is 30.3 Å². The Kier molecular flexibility index (Phi) is 8.69. The first kappa shape index (κ1) is 24.1. The Morgan fingerprint density at radius 2 is 1.79 bits per heavy atom. The number of anilines is 1. The van der Waals surface area contributed by atoms with Gasteiger partial charge in [-0.1, -0.05) is 36.8 Å². The predicted molar refractivity (Wildman–Crippen MR) is 127 cm³/mol. The summed E-state index contributed by atoms with van der Waals surface area (Å²) in [7, 11) is 3.32. The minimum atomic E-state index is -0.393. The van der Waals surface area contributed by atoms with E-state index < -0.39 is 5.92 Å². The molecule has 2 atom stereocenters. The fourth-order valence-electron chi connectivity index (χ4n) is 3.90. The monoisotopic (exact) mass is 452 g/mol. The van der Waals surface area contributed by atoms with E-state index in [1.165, 1.54) is 0 Å². The number of nitrogens with zero attached hydrogens (tertiary/aromatic N) is 1. The molecule has 2 unspecified atom stereocenters. The molecule has 8 heteroatoms. The van der Waals surface area contributed by atoms with Crippen molar-refractivity contribution in [1.29, 1.82) is 0 Å². The zero-order chi connectivity index (χ0) is 23.6. The molecule has 1 aliphatic rings. The van der Waals surface area contributed by atoms with Crippen molar-refractivity contribution in [2.24, 2.45) is 5.92 Å². The Hall–Kier alpha value is -3.55. The van der Waals surface area contributed by atoms with Gasteiger partial charge < -0.3 is 25.6 Å². The summed E-state index contributed by atoms with van der Waals surface area (Å²) in [6.45, 7) is 0.800. The van der Waals surface area contributed by atoms with Crippen molar-refractivity contribution in [2.75, 3.05) is 26.0 Å². The number of methoxy groups -OCH3 is 1. The van der Waals surface area contributed by atoms with Gasteiger partial charge in [0.2, 0.25) is 11.8 Å². The largest absolute Gasteiger partial charge is 0.497 e. The Morgan fingerprint density at radius 1 is 1.06 bits per heavy atom. The maximum absolute atomic E-state index is 12.8. The highest BCUT2D eigenvalue weighted by Crippen LogP contribution is 2.19. The lowest BCUT2D eigenvalue weighted by Crippen LogP contribution is -2.45. The Labute approximate surface area is 194 Å². The van der Waals surface area contributed by atoms with Crippen LogP contribution in [0.4, 0.5) is 10.5 Å². The quantitative estimate of drug-likeness (QED) is 0.627. The standard InChI is InChI=1S/C25H32N4O4/c1-29-17-21(28-25(32)27-20-8-4-3-5-9-20)10-6-7-19(15-23(29)30)24(31)26-16-18-11-13-22(33-2)14-12-18/h3-5,8-9,11-14,19,21H,6-7,10,15-17H2,1-2H3,(H,26,31)(H2,27,28,32). The number of carbonyl (C=O) groups excluding carboxylic acids is 3. The van der Waals surface area contributed by atoms with Crippen molar-refractivity contribution in [1.82, 2.24) is 15.5 Å². The molecule has 0 spiro atoms. The molecule has 176 valence electrons. The molecule has 1 saturated heterocycles. The fourth-order valence-corrected chi connectivity index (χ4v) is 3.90. The molecule has 0 aromatic heterocycles. The van der Waals surface area contributed by atoms with Crippen molar-refractivity contribution in [3.05, 3.63) is 60.2 Å². The molecule has 8 nitrogen and oxygen atoms in total. The lowest BCUT2D eigenvalue weighted by atomic mass is 9.96. The van der Waals surface area contributed by atoms with Crippen molar-refractivity contribution in [3.63, 3.8) is 0 Å². The van der Waals surface area contributed by atoms with Crippen LogP contribution in [0, 0.1) is 5.92 Å². The maximum Gasteiger partial charge on any atom is 0.319 e. The lowest BCUT2D eigenvalue weighted by molar-refractivity contribution is -0.135. The second-order valence-corrected chi connectivity index (χ2v) is 8.33. The summed E-state index contributed by atoms with van der Waals surface area (Å²) in [4.78, 5) is 39.5. The molecule has 0 aliphatic carbocycles. The molecular weight excluding hydrogens is 420 g/mol. The van der Waals surface area contributed by atoms with Gasteiger partial charge in [-0.3, -0.25) is 9.59 Å². The summed E-state index contributed by atoms with van der Waals surface area (Å²) in [6, 6.07) is 16.2. The molecule has 1 fully saturated rings. The number of para-hydroxylation sites is 1. The van der Waals surface area contributed by atoms with E-state index in [9.17, 15) is 14.4 Å². The van der Waals surface area contributed by atoms with Crippen LogP contribution in [-0.4, -0.2) is 49.5 Å². The summed E-state index contributed by atoms with van der Waals surface area (Å²) in [5.41, 5.74) is 1.67. The van der Waals surface area contributed by atoms with Crippen LogP contribution in [0.5, 0.6) is 5.75 Å². The number of nitrogens with one attached hydrogen (secondary N) is 3. The summed E-state index contributed by atoms with van der Waals surface area (Å²) < 4.78 is 5.15. The number of hydrogen-bond acceptors (Lipinski definition) is 4. The van der Waals surface area contributed by atoms with Gasteiger partial charge in [-0.05, 0) is 42.7 Å². The van der Waals surface area contributed by atoms with E-state index >= 15 is 0 Å². The normalized spacial score (nSPS) is 19.0. The van der Waals surface area contributed by atoms with Crippen molar-refractivity contribution >= 4 is 23.5 Å². The van der Waals surface area contributed by atoms with E-state index in [0.29, 0.717) is 31.6 Å². The number of ether oxygens (including phenoxy) is 1. The fraction of sp³-hybridized carbons (Fsp3) is 0.400. The van der Waals surface area contributed by atoms with Gasteiger partial charge in [0.05, 0.1) is 7.11 Å². The maximum atomic E-state index is 12.8. The third-order valence-corrected chi connectivity index (χ3v) is 5.81. The first-order valence-corrected chi connectivity index (χ1v) is 11.2. The van der Waals surface area contributed by atoms with Crippen LogP contribution in [0.2, 0.25) is 0 Å². The van der Waals surface area contributed by atoms with Crippen molar-refractivity contribution in [3.8, 4) is 5.75 Å². The van der Waals surface area contributed by atoms with Crippen molar-refractivity contribution < 1.29 is 19.1 Å². The lowest BCUT2D eigenvalue weighted by Gasteiger charge is -2.24. The van der Waals surface area contributed by atoms with Gasteiger partial charge in [-0.25, -0.2) is 4.79 Å². The number of carbonyl (C=O) groups is 3. The molecule has 4 amide bonds. The van der Waals surface area contributed by atoms with E-state index in [0.717, 1.165) is 17.7 Å². The number of urea groups is 1. The van der Waals surface area contributed by atoms with Gasteiger partial charge in [0, 0.05) is 44.2 Å². The summed E-state index contributed by atoms with van der Waals surface area (Å²) in [5, 5.41) is 8.72. The highest BCUT2D eigenvalue weighted by Gasteiger charge is 2.27. The second-order valence-electron chi connectivity index (χ2n) is 8.33. The molecule has 33 heavy (non-hydrogen) atoms. The molecule has 2 aromatic carbocycles. The smallest absolute Gasteiger partial charge is 0.319 e. The topological polar surface area (TPSA) is 99.8 Å². The molecule has 1 aliphatic heterocycles. The molecule has 2 aromatic rings. The zero-order valence-electron chi connectivity index (χ0n) is 19.2. The van der Waals surface area contributed by atoms with Gasteiger partial charge in [-0.15, -0.1) is 0 Å². The minimum absolute atomic E-state index is 0.100. The summed E-state index contributed by atoms with van der Waals surface area (Å²) >= 11 is 0. The van der Waals surface area contributed by atoms with Gasteiger partial charge in [0.1, 0.15) is 5.75 Å². The van der Waals surface area contributed by atoms with E-state index in [4.69, 9.17) is 4.74 Å². The molecule has 0 bridgehead atoms. The van der Waals surface area contributed by atoms with E-state index in [1.807, 2.05) is 54.6 Å². The molecule has 3 N–H and O–H groups in total. The van der Waals surface area contributed by atoms with E-state index in [1.54, 1.807) is 19.1 Å². The Morgan fingerprint density at radius 3 is 2.48 bits per heavy atom. The van der Waals surface area contributed by atoms with Crippen LogP contribution in [-0.2, 0) is 16.1 Å². The third kappa shape index (κ3) is 7.52. The molecule has 0 radical (unpaired) electrons. The molecule has 3 rings (SSSR count). The minimum Gasteiger partial charge on any atom is -0.497 e. The first-order chi connectivity index (χ1) is 15.9. The number of hydrogen-bond donors (Lipinski definition) is 3. The Bertz CT molecular complexity index is 933. The predicted octanol–water partition coefficient (Wildman–Crippen LogP) is 3.15. The molecular formula is C25H32N4O4. The Balaban J connectivity index is 1.53. The van der Waals surface area contributed by atoms with Gasteiger partial charge in [0.25, 0.3) is 0 Å². The highest BCUT2D eigenvalue weighted by atomic mass is 16.5. The van der Waals surface area contributed by atoms with Crippen LogP contribution in [0.25, 0.3) is 0 Å². The third-order valence-electron chi connectivity index (χ3n) is 5.81. The van der Waals surface area contributed by atoms with Gasteiger partial charge >= 0.3 is 6.03 Å². The first-order valence-electron chi connectivity index (χ1n) is 11.2. The van der Waals surface area contributed by atoms with Crippen molar-refractivity contribution in [2.45, 2.75) is 38.3 Å². The zero-order valence-corrected chi connectivity index (χ0v) is 19.2. The van der Waals surface area contributed by atoms with Crippen LogP contribution < -0.4 is 20.7 Å². The van der Waals surface area contributed by atoms with Gasteiger partial charge in [-0.2, -0.15) is 0 Å². The highest BCUT2D eigenvalue weighted by molar-refractivity contribution is 5.89. The molecule has 1 heterocycles. The number of amides is 4. The number of rotatable bonds is 6. The number of benzene rings is 2. The SMILES string of the molecule is COc1ccc(CNC(=O)C2CCCC(NC(=O)Nc3ccccc3)CN(C)C(=O)C2)cc1. The number of likely N-dealkylation sites (N-methyl/N-ethyl adjacent to an activating group) is 1. The van der Waals surface area contributed by atoms with Crippen LogP contribution >= 0.6 is 0 Å². The van der Waals surface area contributed by atoms with Crippen LogP contribution in [0.3, 0.4) is 0 Å². The van der Waals surface area contributed by atoms with E-state index in [2.05, 4.69) is 16.0 Å². The van der Waals surface area contributed by atoms with Crippen LogP contribution in [0.1, 0.15) is 31.2 Å². The average Bonchev–Trinajstić information content (AvgIpc) is 2.88. The second kappa shape index (κ2) is 11.9. The van der Waals surface area contributed by atoms with Gasteiger partial charge in [0.15, 0.2) is 0 Å².